The molecule has 94 valence electrons. The molecule has 1 aromatic rings. The topological polar surface area (TPSA) is 29.9 Å². The van der Waals surface area contributed by atoms with Gasteiger partial charge in [-0.05, 0) is 25.7 Å². The molecule has 1 N–H and O–H groups in total. The minimum Gasteiger partial charge on any atom is -0.330 e. The molecular formula is C14H23N3. The van der Waals surface area contributed by atoms with Crippen LogP contribution in [0.1, 0.15) is 63.1 Å². The predicted molar refractivity (Wildman–Crippen MR) is 68.8 cm³/mol. The molecule has 0 unspecified atom stereocenters. The van der Waals surface area contributed by atoms with Crippen LogP contribution in [0.4, 0.5) is 0 Å². The van der Waals surface area contributed by atoms with Crippen LogP contribution < -0.4 is 5.32 Å². The molecule has 2 saturated carbocycles. The van der Waals surface area contributed by atoms with Crippen LogP contribution in [-0.4, -0.2) is 15.6 Å². The van der Waals surface area contributed by atoms with E-state index in [-0.39, 0.29) is 0 Å². The smallest absolute Gasteiger partial charge is 0.0951 e. The maximum Gasteiger partial charge on any atom is 0.0951 e. The van der Waals surface area contributed by atoms with Crippen molar-refractivity contribution in [2.24, 2.45) is 0 Å². The van der Waals surface area contributed by atoms with Crippen LogP contribution in [-0.2, 0) is 6.54 Å². The molecule has 3 heteroatoms. The first-order chi connectivity index (χ1) is 8.43. The van der Waals surface area contributed by atoms with E-state index >= 15 is 0 Å². The average molecular weight is 233 g/mol. The molecule has 1 aromatic heterocycles. The lowest BCUT2D eigenvalue weighted by atomic mass is 10.1. The van der Waals surface area contributed by atoms with E-state index in [9.17, 15) is 0 Å². The summed E-state index contributed by atoms with van der Waals surface area (Å²) in [6, 6.07) is 1.49. The number of hydrogen-bond donors (Lipinski definition) is 1. The fourth-order valence-electron chi connectivity index (χ4n) is 2.88. The molecule has 3 nitrogen and oxygen atoms in total. The van der Waals surface area contributed by atoms with Gasteiger partial charge in [0.15, 0.2) is 0 Å². The van der Waals surface area contributed by atoms with E-state index in [1.807, 2.05) is 12.5 Å². The van der Waals surface area contributed by atoms with Crippen molar-refractivity contribution >= 4 is 0 Å². The Kier molecular flexibility index (Phi) is 3.46. The summed E-state index contributed by atoms with van der Waals surface area (Å²) in [5.41, 5.74) is 1.37. The van der Waals surface area contributed by atoms with E-state index in [4.69, 9.17) is 0 Å². The molecule has 0 bridgehead atoms. The first-order valence-electron chi connectivity index (χ1n) is 7.17. The first kappa shape index (κ1) is 11.3. The maximum atomic E-state index is 4.29. The Morgan fingerprint density at radius 1 is 1.12 bits per heavy atom. The number of aromatic nitrogens is 2. The molecule has 3 rings (SSSR count). The van der Waals surface area contributed by atoms with Crippen LogP contribution >= 0.6 is 0 Å². The lowest BCUT2D eigenvalue weighted by Gasteiger charge is -2.16. The van der Waals surface area contributed by atoms with Crippen molar-refractivity contribution in [2.75, 3.05) is 0 Å². The predicted octanol–water partition coefficient (Wildman–Crippen LogP) is 3.03. The normalized spacial score (nSPS) is 22.6. The molecule has 0 saturated heterocycles. The van der Waals surface area contributed by atoms with E-state index in [1.54, 1.807) is 0 Å². The molecule has 0 radical (unpaired) electrons. The Morgan fingerprint density at radius 2 is 1.88 bits per heavy atom. The van der Waals surface area contributed by atoms with Crippen LogP contribution in [0, 0.1) is 0 Å². The highest BCUT2D eigenvalue weighted by molar-refractivity contribution is 5.03. The molecular weight excluding hydrogens is 210 g/mol. The van der Waals surface area contributed by atoms with Crippen LogP contribution in [0.2, 0.25) is 0 Å². The van der Waals surface area contributed by atoms with Gasteiger partial charge in [0.05, 0.1) is 12.0 Å². The number of rotatable bonds is 4. The monoisotopic (exact) mass is 233 g/mol. The Labute approximate surface area is 104 Å². The molecule has 2 aliphatic carbocycles. The SMILES string of the molecule is c1ncn(C2CC2)c1CNC1CCCCCC1. The summed E-state index contributed by atoms with van der Waals surface area (Å²) in [7, 11) is 0. The van der Waals surface area contributed by atoms with Crippen LogP contribution in [0.15, 0.2) is 12.5 Å². The minimum atomic E-state index is 0.736. The van der Waals surface area contributed by atoms with Gasteiger partial charge in [-0.2, -0.15) is 0 Å². The van der Waals surface area contributed by atoms with Gasteiger partial charge in [-0.1, -0.05) is 25.7 Å². The number of hydrogen-bond acceptors (Lipinski definition) is 2. The molecule has 17 heavy (non-hydrogen) atoms. The number of imidazole rings is 1. The molecule has 1 heterocycles. The zero-order chi connectivity index (χ0) is 11.5. The Hall–Kier alpha value is -0.830. The third kappa shape index (κ3) is 2.89. The van der Waals surface area contributed by atoms with Crippen LogP contribution in [0.5, 0.6) is 0 Å². The first-order valence-corrected chi connectivity index (χ1v) is 7.17. The van der Waals surface area contributed by atoms with E-state index in [0.29, 0.717) is 0 Å². The second-order valence-corrected chi connectivity index (χ2v) is 5.59. The fourth-order valence-corrected chi connectivity index (χ4v) is 2.88. The van der Waals surface area contributed by atoms with Gasteiger partial charge in [-0.15, -0.1) is 0 Å². The summed E-state index contributed by atoms with van der Waals surface area (Å²) in [4.78, 5) is 4.29. The van der Waals surface area contributed by atoms with E-state index in [1.165, 1.54) is 57.1 Å². The van der Waals surface area contributed by atoms with Gasteiger partial charge in [-0.25, -0.2) is 4.98 Å². The summed E-state index contributed by atoms with van der Waals surface area (Å²) in [6.07, 6.45) is 15.1. The molecule has 2 aliphatic rings. The largest absolute Gasteiger partial charge is 0.330 e. The highest BCUT2D eigenvalue weighted by atomic mass is 15.1. The number of nitrogens with zero attached hydrogens (tertiary/aromatic N) is 2. The lowest BCUT2D eigenvalue weighted by molar-refractivity contribution is 0.450. The third-order valence-corrected chi connectivity index (χ3v) is 4.11. The van der Waals surface area contributed by atoms with Gasteiger partial charge >= 0.3 is 0 Å². The van der Waals surface area contributed by atoms with Crippen molar-refractivity contribution in [3.63, 3.8) is 0 Å². The minimum absolute atomic E-state index is 0.736. The highest BCUT2D eigenvalue weighted by Gasteiger charge is 2.25. The van der Waals surface area contributed by atoms with Gasteiger partial charge in [0.1, 0.15) is 0 Å². The standard InChI is InChI=1S/C14H23N3/c1-2-4-6-12(5-3-1)16-10-14-9-15-11-17(14)13-7-8-13/h9,11-13,16H,1-8,10H2. The van der Waals surface area contributed by atoms with E-state index < -0.39 is 0 Å². The summed E-state index contributed by atoms with van der Waals surface area (Å²) < 4.78 is 2.36. The number of nitrogens with one attached hydrogen (secondary N) is 1. The van der Waals surface area contributed by atoms with Crippen molar-refractivity contribution in [3.8, 4) is 0 Å². The highest BCUT2D eigenvalue weighted by Crippen LogP contribution is 2.35. The Morgan fingerprint density at radius 3 is 2.59 bits per heavy atom. The van der Waals surface area contributed by atoms with Gasteiger partial charge in [0, 0.05) is 24.8 Å². The van der Waals surface area contributed by atoms with Gasteiger partial charge in [0.25, 0.3) is 0 Å². The summed E-state index contributed by atoms with van der Waals surface area (Å²) >= 11 is 0. The zero-order valence-electron chi connectivity index (χ0n) is 10.6. The van der Waals surface area contributed by atoms with E-state index in [0.717, 1.165) is 18.6 Å². The lowest BCUT2D eigenvalue weighted by Crippen LogP contribution is -2.28. The maximum absolute atomic E-state index is 4.29. The molecule has 2 fully saturated rings. The zero-order valence-corrected chi connectivity index (χ0v) is 10.6. The quantitative estimate of drug-likeness (QED) is 0.810. The molecule has 0 atom stereocenters. The molecule has 0 aromatic carbocycles. The Balaban J connectivity index is 1.53. The second-order valence-electron chi connectivity index (χ2n) is 5.59. The van der Waals surface area contributed by atoms with Crippen molar-refractivity contribution in [1.82, 2.24) is 14.9 Å². The molecule has 0 aliphatic heterocycles. The summed E-state index contributed by atoms with van der Waals surface area (Å²) in [5, 5.41) is 3.73. The van der Waals surface area contributed by atoms with Crippen molar-refractivity contribution in [3.05, 3.63) is 18.2 Å². The third-order valence-electron chi connectivity index (χ3n) is 4.11. The summed E-state index contributed by atoms with van der Waals surface area (Å²) in [5.74, 6) is 0. The second kappa shape index (κ2) is 5.21. The molecule has 0 amide bonds. The van der Waals surface area contributed by atoms with Crippen molar-refractivity contribution < 1.29 is 0 Å². The molecule has 0 spiro atoms. The van der Waals surface area contributed by atoms with Crippen LogP contribution in [0.25, 0.3) is 0 Å². The fraction of sp³-hybridized carbons (Fsp3) is 0.786. The van der Waals surface area contributed by atoms with Crippen molar-refractivity contribution in [2.45, 2.75) is 70.0 Å². The van der Waals surface area contributed by atoms with Crippen LogP contribution in [0.3, 0.4) is 0 Å². The van der Waals surface area contributed by atoms with Gasteiger partial charge < -0.3 is 9.88 Å². The van der Waals surface area contributed by atoms with Gasteiger partial charge in [0.2, 0.25) is 0 Å². The average Bonchev–Trinajstić information content (AvgIpc) is 3.13. The van der Waals surface area contributed by atoms with Gasteiger partial charge in [-0.3, -0.25) is 0 Å². The summed E-state index contributed by atoms with van der Waals surface area (Å²) in [6.45, 7) is 1.00. The van der Waals surface area contributed by atoms with E-state index in [2.05, 4.69) is 14.9 Å². The van der Waals surface area contributed by atoms with Crippen molar-refractivity contribution in [1.29, 1.82) is 0 Å². The Bertz CT molecular complexity index is 346.